The summed E-state index contributed by atoms with van der Waals surface area (Å²) >= 11 is 0. The molecule has 3 N–H and O–H groups in total. The van der Waals surface area contributed by atoms with E-state index in [9.17, 15) is 0 Å². The number of nitrogens with one attached hydrogen (secondary N) is 1. The van der Waals surface area contributed by atoms with E-state index >= 15 is 0 Å². The Balaban J connectivity index is 1.12. The molecule has 2 aromatic heterocycles. The van der Waals surface area contributed by atoms with Gasteiger partial charge in [-0.05, 0) is 108 Å². The molecule has 2 heterocycles. The lowest BCUT2D eigenvalue weighted by atomic mass is 9.45. The normalized spacial score (nSPS) is 25.1. The zero-order chi connectivity index (χ0) is 28.2. The smallest absolute Gasteiger partial charge is 0.166 e. The van der Waals surface area contributed by atoms with Crippen LogP contribution >= 0.6 is 0 Å². The van der Waals surface area contributed by atoms with Gasteiger partial charge in [-0.3, -0.25) is 0 Å². The molecule has 0 unspecified atom stereocenters. The Hall–Kier alpha value is -3.53. The van der Waals surface area contributed by atoms with Crippen molar-refractivity contribution in [1.82, 2.24) is 9.97 Å². The van der Waals surface area contributed by atoms with Gasteiger partial charge in [0, 0.05) is 23.7 Å². The Morgan fingerprint density at radius 1 is 0.902 bits per heavy atom. The van der Waals surface area contributed by atoms with Gasteiger partial charge in [0.1, 0.15) is 6.61 Å². The highest BCUT2D eigenvalue weighted by molar-refractivity contribution is 5.68. The minimum Gasteiger partial charge on any atom is -0.485 e. The van der Waals surface area contributed by atoms with E-state index in [-0.39, 0.29) is 5.41 Å². The molecule has 0 amide bonds. The van der Waals surface area contributed by atoms with Gasteiger partial charge in [-0.2, -0.15) is 0 Å². The number of hydrogen-bond acceptors (Lipinski definition) is 3. The first-order chi connectivity index (χ1) is 19.8. The summed E-state index contributed by atoms with van der Waals surface area (Å²) < 4.78 is 6.16. The largest absolute Gasteiger partial charge is 0.485 e. The highest BCUT2D eigenvalue weighted by Gasteiger charge is 2.55. The van der Waals surface area contributed by atoms with Gasteiger partial charge in [0.2, 0.25) is 0 Å². The first kappa shape index (κ1) is 26.4. The molecule has 4 bridgehead atoms. The molecule has 4 aromatic rings. The molecule has 4 aliphatic rings. The number of nitrogens with two attached hydrogens (primary N) is 1. The highest BCUT2D eigenvalue weighted by atomic mass is 16.5. The molecule has 1 radical (unpaired) electrons. The second-order valence-electron chi connectivity index (χ2n) is 14.1. The molecule has 0 saturated heterocycles. The Morgan fingerprint density at radius 2 is 1.56 bits per heavy atom. The van der Waals surface area contributed by atoms with Gasteiger partial charge >= 0.3 is 0 Å². The molecule has 4 heteroatoms. The molecule has 0 spiro atoms. The van der Waals surface area contributed by atoms with Crippen molar-refractivity contribution in [2.24, 2.45) is 23.2 Å². The van der Waals surface area contributed by atoms with Crippen molar-refractivity contribution in [2.75, 3.05) is 5.73 Å². The van der Waals surface area contributed by atoms with Crippen LogP contribution in [0.3, 0.4) is 0 Å². The van der Waals surface area contributed by atoms with E-state index in [1.54, 1.807) is 0 Å². The van der Waals surface area contributed by atoms with Gasteiger partial charge in [-0.1, -0.05) is 69.3 Å². The summed E-state index contributed by atoms with van der Waals surface area (Å²) in [4.78, 5) is 8.06. The predicted molar refractivity (Wildman–Crippen MR) is 166 cm³/mol. The fourth-order valence-electron chi connectivity index (χ4n) is 8.47. The standard InChI is InChI=1S/C37H42N3O/c1-36(2,3)31-12-6-24(7-13-31)23-41-33-18-30(22-40-35(33)38)28-8-10-29(11-9-28)34(32-5-4-14-39-32)37-19-25-15-26(20-37)17-27(16-25)21-37/h4-14,18,22,25-27,39H,15-17,19-21,23H2,1-3H3,(H2,38,40). The molecule has 0 aliphatic heterocycles. The molecule has 4 saturated carbocycles. The topological polar surface area (TPSA) is 63.9 Å². The van der Waals surface area contributed by atoms with Crippen LogP contribution in [0.5, 0.6) is 5.75 Å². The monoisotopic (exact) mass is 544 g/mol. The summed E-state index contributed by atoms with van der Waals surface area (Å²) in [6, 6.07) is 24.2. The molecular weight excluding hydrogens is 502 g/mol. The lowest BCUT2D eigenvalue weighted by Crippen LogP contribution is -2.49. The van der Waals surface area contributed by atoms with Gasteiger partial charge in [0.05, 0.1) is 5.92 Å². The summed E-state index contributed by atoms with van der Waals surface area (Å²) in [7, 11) is 0. The van der Waals surface area contributed by atoms with Crippen LogP contribution < -0.4 is 10.5 Å². The van der Waals surface area contributed by atoms with E-state index in [1.165, 1.54) is 61.3 Å². The Bertz CT molecular complexity index is 1460. The van der Waals surface area contributed by atoms with Crippen LogP contribution in [0.4, 0.5) is 5.82 Å². The second kappa shape index (κ2) is 10.1. The van der Waals surface area contributed by atoms with E-state index in [4.69, 9.17) is 10.5 Å². The third kappa shape index (κ3) is 5.07. The predicted octanol–water partition coefficient (Wildman–Crippen LogP) is 8.72. The van der Waals surface area contributed by atoms with Crippen LogP contribution in [-0.4, -0.2) is 9.97 Å². The average molecular weight is 545 g/mol. The number of H-pyrrole nitrogens is 1. The highest BCUT2D eigenvalue weighted by Crippen LogP contribution is 2.65. The molecule has 4 nitrogen and oxygen atoms in total. The van der Waals surface area contributed by atoms with Gasteiger partial charge < -0.3 is 15.5 Å². The number of hydrogen-bond donors (Lipinski definition) is 2. The van der Waals surface area contributed by atoms with Crippen LogP contribution in [0.15, 0.2) is 79.1 Å². The number of anilines is 1. The minimum atomic E-state index is 0.132. The summed E-state index contributed by atoms with van der Waals surface area (Å²) in [5.41, 5.74) is 13.9. The number of aromatic amines is 1. The lowest BCUT2D eigenvalue weighted by Gasteiger charge is -2.59. The average Bonchev–Trinajstić information content (AvgIpc) is 3.46. The van der Waals surface area contributed by atoms with Crippen molar-refractivity contribution >= 4 is 5.82 Å². The quantitative estimate of drug-likeness (QED) is 0.244. The van der Waals surface area contributed by atoms with E-state index in [2.05, 4.69) is 97.6 Å². The number of nitrogens with zero attached hydrogens (tertiary/aromatic N) is 1. The number of aromatic nitrogens is 2. The Morgan fingerprint density at radius 3 is 2.15 bits per heavy atom. The van der Waals surface area contributed by atoms with Crippen molar-refractivity contribution in [2.45, 2.75) is 71.3 Å². The van der Waals surface area contributed by atoms with E-state index < -0.39 is 0 Å². The van der Waals surface area contributed by atoms with Crippen molar-refractivity contribution in [3.63, 3.8) is 0 Å². The fraction of sp³-hybridized carbons (Fsp3) is 0.405. The maximum Gasteiger partial charge on any atom is 0.166 e. The molecular formula is C37H42N3O. The van der Waals surface area contributed by atoms with Crippen LogP contribution in [0, 0.1) is 29.1 Å². The number of nitrogen functional groups attached to an aromatic ring is 1. The first-order valence-corrected chi connectivity index (χ1v) is 15.4. The Kier molecular flexibility index (Phi) is 6.48. The van der Waals surface area contributed by atoms with Crippen molar-refractivity contribution < 1.29 is 4.74 Å². The third-order valence-electron chi connectivity index (χ3n) is 10.0. The van der Waals surface area contributed by atoms with Crippen LogP contribution in [0.25, 0.3) is 11.1 Å². The maximum atomic E-state index is 6.23. The summed E-state index contributed by atoms with van der Waals surface area (Å²) in [6.45, 7) is 7.14. The maximum absolute atomic E-state index is 6.23. The number of pyridine rings is 1. The third-order valence-corrected chi connectivity index (χ3v) is 10.0. The summed E-state index contributed by atoms with van der Waals surface area (Å²) in [5, 5.41) is 0. The number of benzene rings is 2. The van der Waals surface area contributed by atoms with E-state index in [1.807, 2.05) is 12.3 Å². The number of ether oxygens (including phenoxy) is 1. The van der Waals surface area contributed by atoms with Gasteiger partial charge in [-0.25, -0.2) is 4.98 Å². The SMILES string of the molecule is CC(C)(C)c1ccc(COc2cc(-c3ccc([C](c4ccc[nH]4)C45CC6CC(CC(C6)C4)C5)cc3)cnc2N)cc1. The van der Waals surface area contributed by atoms with Crippen molar-refractivity contribution in [1.29, 1.82) is 0 Å². The minimum absolute atomic E-state index is 0.132. The first-order valence-electron chi connectivity index (χ1n) is 15.4. The van der Waals surface area contributed by atoms with E-state index in [0.29, 0.717) is 23.6 Å². The molecule has 2 aromatic carbocycles. The summed E-state index contributed by atoms with van der Waals surface area (Å²) in [6.07, 6.45) is 12.3. The van der Waals surface area contributed by atoms with Crippen molar-refractivity contribution in [3.8, 4) is 16.9 Å². The zero-order valence-electron chi connectivity index (χ0n) is 24.6. The van der Waals surface area contributed by atoms with Gasteiger partial charge in [0.15, 0.2) is 11.6 Å². The van der Waals surface area contributed by atoms with Crippen LogP contribution in [-0.2, 0) is 12.0 Å². The number of rotatable bonds is 7. The van der Waals surface area contributed by atoms with Crippen molar-refractivity contribution in [3.05, 3.63) is 107 Å². The van der Waals surface area contributed by atoms with Gasteiger partial charge in [-0.15, -0.1) is 0 Å². The molecule has 41 heavy (non-hydrogen) atoms. The molecule has 0 atom stereocenters. The molecule has 211 valence electrons. The molecule has 8 rings (SSSR count). The zero-order valence-corrected chi connectivity index (χ0v) is 24.6. The van der Waals surface area contributed by atoms with E-state index in [0.717, 1.165) is 34.4 Å². The summed E-state index contributed by atoms with van der Waals surface area (Å²) in [5.74, 6) is 5.29. The molecule has 4 aliphatic carbocycles. The fourth-order valence-corrected chi connectivity index (χ4v) is 8.47. The van der Waals surface area contributed by atoms with Crippen LogP contribution in [0.1, 0.15) is 81.7 Å². The van der Waals surface area contributed by atoms with Crippen LogP contribution in [0.2, 0.25) is 0 Å². The van der Waals surface area contributed by atoms with Gasteiger partial charge in [0.25, 0.3) is 0 Å². The Labute approximate surface area is 244 Å². The second-order valence-corrected chi connectivity index (χ2v) is 14.1. The lowest BCUT2D eigenvalue weighted by molar-refractivity contribution is -0.0387. The molecule has 4 fully saturated rings.